The van der Waals surface area contributed by atoms with Crippen molar-refractivity contribution in [2.45, 2.75) is 12.8 Å². The average molecular weight is 358 g/mol. The molecule has 0 bridgehead atoms. The highest BCUT2D eigenvalue weighted by Crippen LogP contribution is 2.25. The van der Waals surface area contributed by atoms with E-state index in [9.17, 15) is 9.59 Å². The lowest BCUT2D eigenvalue weighted by Crippen LogP contribution is -2.21. The van der Waals surface area contributed by atoms with Crippen LogP contribution in [0.4, 0.5) is 5.69 Å². The summed E-state index contributed by atoms with van der Waals surface area (Å²) in [6, 6.07) is 8.59. The van der Waals surface area contributed by atoms with Crippen molar-refractivity contribution in [1.82, 2.24) is 0 Å². The van der Waals surface area contributed by atoms with Crippen molar-refractivity contribution in [2.24, 2.45) is 0 Å². The third-order valence-corrected chi connectivity index (χ3v) is 4.21. The molecule has 1 aromatic carbocycles. The molecule has 2 rings (SSSR count). The first-order valence-corrected chi connectivity index (χ1v) is 8.11. The van der Waals surface area contributed by atoms with E-state index in [4.69, 9.17) is 27.9 Å². The number of anilines is 1. The minimum atomic E-state index is -0.450. The van der Waals surface area contributed by atoms with Crippen molar-refractivity contribution < 1.29 is 14.3 Å². The zero-order valence-corrected chi connectivity index (χ0v) is 13.8. The first-order valence-electron chi connectivity index (χ1n) is 6.47. The maximum absolute atomic E-state index is 11.7. The van der Waals surface area contributed by atoms with E-state index in [2.05, 4.69) is 5.32 Å². The molecule has 0 fully saturated rings. The number of hydrogen-bond acceptors (Lipinski definition) is 4. The van der Waals surface area contributed by atoms with Gasteiger partial charge in [-0.25, -0.2) is 0 Å². The van der Waals surface area contributed by atoms with Gasteiger partial charge in [-0.15, -0.1) is 11.3 Å². The Morgan fingerprint density at radius 2 is 2.05 bits per heavy atom. The Morgan fingerprint density at radius 3 is 2.73 bits per heavy atom. The summed E-state index contributed by atoms with van der Waals surface area (Å²) in [7, 11) is 0. The second-order valence-electron chi connectivity index (χ2n) is 4.41. The second-order valence-corrected chi connectivity index (χ2v) is 6.29. The highest BCUT2D eigenvalue weighted by Gasteiger charge is 2.10. The van der Waals surface area contributed by atoms with Gasteiger partial charge in [0, 0.05) is 9.90 Å². The number of esters is 1. The predicted molar refractivity (Wildman–Crippen MR) is 88.7 cm³/mol. The Hall–Kier alpha value is -1.56. The molecule has 1 heterocycles. The highest BCUT2D eigenvalue weighted by molar-refractivity contribution is 7.09. The number of rotatable bonds is 6. The molecule has 22 heavy (non-hydrogen) atoms. The first kappa shape index (κ1) is 16.8. The smallest absolute Gasteiger partial charge is 0.306 e. The van der Waals surface area contributed by atoms with Crippen LogP contribution in [0.25, 0.3) is 0 Å². The van der Waals surface area contributed by atoms with Crippen LogP contribution >= 0.6 is 34.5 Å². The molecular formula is C15H13Cl2NO3S. The molecule has 0 saturated heterocycles. The van der Waals surface area contributed by atoms with Gasteiger partial charge in [-0.1, -0.05) is 29.3 Å². The van der Waals surface area contributed by atoms with Crippen LogP contribution in [0.5, 0.6) is 0 Å². The van der Waals surface area contributed by atoms with Crippen LogP contribution in [-0.2, 0) is 20.7 Å². The van der Waals surface area contributed by atoms with E-state index in [0.717, 1.165) is 4.88 Å². The summed E-state index contributed by atoms with van der Waals surface area (Å²) < 4.78 is 4.92. The Morgan fingerprint density at radius 1 is 1.23 bits per heavy atom. The first-order chi connectivity index (χ1) is 10.5. The molecule has 0 radical (unpaired) electrons. The van der Waals surface area contributed by atoms with E-state index in [1.165, 1.54) is 6.07 Å². The van der Waals surface area contributed by atoms with Gasteiger partial charge in [-0.05, 0) is 36.1 Å². The number of carbonyl (C=O) groups is 2. The molecule has 0 unspecified atom stereocenters. The van der Waals surface area contributed by atoms with Crippen LogP contribution in [-0.4, -0.2) is 18.5 Å². The average Bonchev–Trinajstić information content (AvgIpc) is 2.99. The Bertz CT molecular complexity index is 659. The van der Waals surface area contributed by atoms with Gasteiger partial charge in [-0.3, -0.25) is 9.59 Å². The molecule has 7 heteroatoms. The third-order valence-electron chi connectivity index (χ3n) is 2.73. The molecule has 0 saturated carbocycles. The molecule has 2 aromatic rings. The molecule has 0 spiro atoms. The van der Waals surface area contributed by atoms with Gasteiger partial charge in [-0.2, -0.15) is 0 Å². The van der Waals surface area contributed by atoms with Gasteiger partial charge in [0.15, 0.2) is 6.61 Å². The lowest BCUT2D eigenvalue weighted by atomic mass is 10.3. The maximum Gasteiger partial charge on any atom is 0.306 e. The van der Waals surface area contributed by atoms with Crippen molar-refractivity contribution in [2.75, 3.05) is 11.9 Å². The minimum Gasteiger partial charge on any atom is -0.456 e. The number of amides is 1. The number of carbonyl (C=O) groups excluding carboxylic acids is 2. The van der Waals surface area contributed by atoms with Gasteiger partial charge >= 0.3 is 5.97 Å². The van der Waals surface area contributed by atoms with Gasteiger partial charge in [0.05, 0.1) is 17.1 Å². The predicted octanol–water partition coefficient (Wildman–Crippen LogP) is 4.17. The molecular weight excluding hydrogens is 345 g/mol. The molecule has 4 nitrogen and oxygen atoms in total. The van der Waals surface area contributed by atoms with Gasteiger partial charge in [0.25, 0.3) is 5.91 Å². The van der Waals surface area contributed by atoms with Crippen LogP contribution in [0.2, 0.25) is 10.0 Å². The highest BCUT2D eigenvalue weighted by atomic mass is 35.5. The minimum absolute atomic E-state index is 0.246. The van der Waals surface area contributed by atoms with E-state index in [1.54, 1.807) is 23.5 Å². The Kier molecular flexibility index (Phi) is 6.24. The van der Waals surface area contributed by atoms with Crippen LogP contribution in [0.3, 0.4) is 0 Å². The normalized spacial score (nSPS) is 10.3. The number of hydrogen-bond donors (Lipinski definition) is 1. The lowest BCUT2D eigenvalue weighted by Gasteiger charge is -2.08. The zero-order valence-electron chi connectivity index (χ0n) is 11.5. The third kappa shape index (κ3) is 5.33. The van der Waals surface area contributed by atoms with Crippen molar-refractivity contribution in [3.8, 4) is 0 Å². The number of thiophene rings is 1. The van der Waals surface area contributed by atoms with Crippen LogP contribution in [0.15, 0.2) is 35.7 Å². The fourth-order valence-corrected chi connectivity index (χ4v) is 2.84. The van der Waals surface area contributed by atoms with Crippen molar-refractivity contribution in [1.29, 1.82) is 0 Å². The topological polar surface area (TPSA) is 55.4 Å². The molecule has 0 aliphatic heterocycles. The van der Waals surface area contributed by atoms with Crippen molar-refractivity contribution in [3.63, 3.8) is 0 Å². The monoisotopic (exact) mass is 357 g/mol. The molecule has 1 amide bonds. The SMILES string of the molecule is O=C(COC(=O)CCc1cccs1)Nc1ccc(Cl)cc1Cl. The lowest BCUT2D eigenvalue weighted by molar-refractivity contribution is -0.147. The fourth-order valence-electron chi connectivity index (χ4n) is 1.68. The van der Waals surface area contributed by atoms with Crippen LogP contribution < -0.4 is 5.32 Å². The molecule has 0 atom stereocenters. The standard InChI is InChI=1S/C15H13Cl2NO3S/c16-10-3-5-13(12(17)8-10)18-14(19)9-21-15(20)6-4-11-2-1-7-22-11/h1-3,5,7-8H,4,6,9H2,(H,18,19). The Labute approximate surface area is 142 Å². The van der Waals surface area contributed by atoms with Gasteiger partial charge in [0.1, 0.15) is 0 Å². The molecule has 1 aromatic heterocycles. The summed E-state index contributed by atoms with van der Waals surface area (Å²) >= 11 is 13.3. The van der Waals surface area contributed by atoms with E-state index in [1.807, 2.05) is 17.5 Å². The van der Waals surface area contributed by atoms with Crippen molar-refractivity contribution in [3.05, 3.63) is 50.6 Å². The number of ether oxygens (including phenoxy) is 1. The molecule has 0 aliphatic rings. The number of nitrogens with one attached hydrogen (secondary N) is 1. The molecule has 0 aliphatic carbocycles. The summed E-state index contributed by atoms with van der Waals surface area (Å²) in [6.07, 6.45) is 0.858. The fraction of sp³-hybridized carbons (Fsp3) is 0.200. The summed E-state index contributed by atoms with van der Waals surface area (Å²) in [4.78, 5) is 24.4. The van der Waals surface area contributed by atoms with Crippen LogP contribution in [0.1, 0.15) is 11.3 Å². The molecule has 116 valence electrons. The Balaban J connectivity index is 1.74. The van der Waals surface area contributed by atoms with Gasteiger partial charge < -0.3 is 10.1 Å². The summed E-state index contributed by atoms with van der Waals surface area (Å²) in [6.45, 7) is -0.345. The maximum atomic E-state index is 11.7. The molecule has 1 N–H and O–H groups in total. The summed E-state index contributed by atoms with van der Waals surface area (Å²) in [5.41, 5.74) is 0.422. The van der Waals surface area contributed by atoms with E-state index in [-0.39, 0.29) is 13.0 Å². The quantitative estimate of drug-likeness (QED) is 0.789. The second kappa shape index (κ2) is 8.17. The number of aryl methyl sites for hydroxylation is 1. The van der Waals surface area contributed by atoms with Crippen molar-refractivity contribution >= 4 is 52.1 Å². The summed E-state index contributed by atoms with van der Waals surface area (Å²) in [5.74, 6) is -0.862. The number of benzene rings is 1. The summed E-state index contributed by atoms with van der Waals surface area (Å²) in [5, 5.41) is 5.31. The van der Waals surface area contributed by atoms with E-state index in [0.29, 0.717) is 22.2 Å². The largest absolute Gasteiger partial charge is 0.456 e. The van der Waals surface area contributed by atoms with E-state index >= 15 is 0 Å². The van der Waals surface area contributed by atoms with E-state index < -0.39 is 11.9 Å². The number of halogens is 2. The van der Waals surface area contributed by atoms with Crippen LogP contribution in [0, 0.1) is 0 Å². The van der Waals surface area contributed by atoms with Gasteiger partial charge in [0.2, 0.25) is 0 Å². The zero-order chi connectivity index (χ0) is 15.9.